The molecule has 1 heterocycles. The Labute approximate surface area is 109 Å². The first kappa shape index (κ1) is 12.3. The lowest BCUT2D eigenvalue weighted by Gasteiger charge is -2.33. The Morgan fingerprint density at radius 2 is 2.19 bits per heavy atom. The van der Waals surface area contributed by atoms with E-state index in [4.69, 9.17) is 0 Å². The predicted molar refractivity (Wildman–Crippen MR) is 74.1 cm³/mol. The van der Waals surface area contributed by atoms with Gasteiger partial charge in [0.25, 0.3) is 0 Å². The van der Waals surface area contributed by atoms with Crippen LogP contribution in [0.25, 0.3) is 0 Å². The molecule has 0 saturated carbocycles. The summed E-state index contributed by atoms with van der Waals surface area (Å²) in [4.78, 5) is 0. The molecule has 1 saturated heterocycles. The van der Waals surface area contributed by atoms with Crippen molar-refractivity contribution in [1.82, 2.24) is 0 Å². The number of thioether (sulfide) groups is 1. The van der Waals surface area contributed by atoms with Crippen LogP contribution in [-0.2, 0) is 0 Å². The van der Waals surface area contributed by atoms with E-state index in [0.29, 0.717) is 5.25 Å². The van der Waals surface area contributed by atoms with Crippen molar-refractivity contribution in [3.63, 3.8) is 0 Å². The maximum absolute atomic E-state index is 9.62. The summed E-state index contributed by atoms with van der Waals surface area (Å²) >= 11 is 5.34. The molecule has 1 aliphatic rings. The first-order valence-electron chi connectivity index (χ1n) is 5.42. The maximum Gasteiger partial charge on any atom is 0.0727 e. The number of aliphatic hydroxyl groups excluding tert-OH is 1. The van der Waals surface area contributed by atoms with E-state index in [2.05, 4.69) is 28.2 Å². The Morgan fingerprint density at radius 3 is 2.69 bits per heavy atom. The molecule has 0 radical (unpaired) electrons. The second-order valence-electron chi connectivity index (χ2n) is 4.21. The average molecular weight is 302 g/mol. The van der Waals surface area contributed by atoms with Crippen molar-refractivity contribution in [1.29, 1.82) is 0 Å². The quantitative estimate of drug-likeness (QED) is 0.900. The lowest BCUT2D eigenvalue weighted by molar-refractivity contribution is 0.212. The van der Waals surface area contributed by atoms with Crippen LogP contribution in [0.3, 0.4) is 0 Å². The summed E-state index contributed by atoms with van der Waals surface area (Å²) in [5.74, 6) is 1.12. The second kappa shape index (κ2) is 4.98. The highest BCUT2D eigenvalue weighted by atomic mass is 79.9. The molecule has 0 aliphatic carbocycles. The third-order valence-corrected chi connectivity index (χ3v) is 5.13. The zero-order chi connectivity index (χ0) is 11.6. The Morgan fingerprint density at radius 1 is 1.50 bits per heavy atom. The fourth-order valence-electron chi connectivity index (χ4n) is 2.01. The van der Waals surface area contributed by atoms with E-state index in [1.165, 1.54) is 0 Å². The molecule has 0 amide bonds. The van der Waals surface area contributed by atoms with E-state index in [0.717, 1.165) is 22.3 Å². The van der Waals surface area contributed by atoms with E-state index in [-0.39, 0.29) is 12.1 Å². The Bertz CT molecular complexity index is 357. The zero-order valence-electron chi connectivity index (χ0n) is 9.24. The first-order chi connectivity index (χ1) is 7.66. The molecule has 2 nitrogen and oxygen atoms in total. The Hall–Kier alpha value is -0.190. The highest BCUT2D eigenvalue weighted by molar-refractivity contribution is 9.10. The number of hydrogen-bond acceptors (Lipinski definition) is 3. The molecule has 0 spiro atoms. The maximum atomic E-state index is 9.62. The van der Waals surface area contributed by atoms with E-state index in [1.54, 1.807) is 0 Å². The summed E-state index contributed by atoms with van der Waals surface area (Å²) < 4.78 is 1.07. The summed E-state index contributed by atoms with van der Waals surface area (Å²) in [6.07, 6.45) is 1.02. The summed E-state index contributed by atoms with van der Waals surface area (Å²) in [6.45, 7) is 2.37. The molecule has 4 heteroatoms. The van der Waals surface area contributed by atoms with Gasteiger partial charge in [0, 0.05) is 15.4 Å². The van der Waals surface area contributed by atoms with Crippen LogP contribution in [-0.4, -0.2) is 28.3 Å². The lowest BCUT2D eigenvalue weighted by Crippen LogP contribution is -2.46. The second-order valence-corrected chi connectivity index (χ2v) is 6.57. The van der Waals surface area contributed by atoms with E-state index < -0.39 is 0 Å². The molecule has 0 bridgehead atoms. The van der Waals surface area contributed by atoms with Crippen molar-refractivity contribution in [2.24, 2.45) is 0 Å². The summed E-state index contributed by atoms with van der Waals surface area (Å²) in [7, 11) is 0. The number of rotatable bonds is 3. The van der Waals surface area contributed by atoms with Gasteiger partial charge in [-0.2, -0.15) is 11.8 Å². The molecule has 16 heavy (non-hydrogen) atoms. The van der Waals surface area contributed by atoms with Gasteiger partial charge in [0.1, 0.15) is 0 Å². The van der Waals surface area contributed by atoms with Gasteiger partial charge in [0.05, 0.1) is 12.1 Å². The van der Waals surface area contributed by atoms with Crippen LogP contribution in [0.4, 0.5) is 5.69 Å². The van der Waals surface area contributed by atoms with Crippen LogP contribution in [0, 0.1) is 0 Å². The molecular weight excluding hydrogens is 286 g/mol. The molecule has 88 valence electrons. The van der Waals surface area contributed by atoms with Crippen LogP contribution in [0.5, 0.6) is 0 Å². The number of halogens is 1. The zero-order valence-corrected chi connectivity index (χ0v) is 11.6. The fraction of sp³-hybridized carbons (Fsp3) is 0.500. The van der Waals surface area contributed by atoms with Gasteiger partial charge in [0.2, 0.25) is 0 Å². The standard InChI is InChI=1S/C12H16BrNOS/c1-9-12(8-15,6-7-16-9)14-11-4-2-10(13)3-5-11/h2-5,9,14-15H,6-8H2,1H3. The normalized spacial score (nSPS) is 29.3. The third kappa shape index (κ3) is 2.39. The van der Waals surface area contributed by atoms with E-state index in [9.17, 15) is 5.11 Å². The fourth-order valence-corrected chi connectivity index (χ4v) is 3.68. The largest absolute Gasteiger partial charge is 0.394 e. The van der Waals surface area contributed by atoms with Gasteiger partial charge in [-0.05, 0) is 36.4 Å². The van der Waals surface area contributed by atoms with Crippen LogP contribution >= 0.6 is 27.7 Å². The molecule has 2 N–H and O–H groups in total. The molecule has 1 fully saturated rings. The Kier molecular flexibility index (Phi) is 3.82. The Balaban J connectivity index is 2.15. The molecule has 2 rings (SSSR count). The number of nitrogens with one attached hydrogen (secondary N) is 1. The van der Waals surface area contributed by atoms with Crippen molar-refractivity contribution < 1.29 is 5.11 Å². The molecule has 0 aromatic heterocycles. The van der Waals surface area contributed by atoms with E-state index in [1.807, 2.05) is 36.0 Å². The lowest BCUT2D eigenvalue weighted by atomic mass is 9.93. The smallest absolute Gasteiger partial charge is 0.0727 e. The van der Waals surface area contributed by atoms with Crippen LogP contribution < -0.4 is 5.32 Å². The molecule has 1 aliphatic heterocycles. The van der Waals surface area contributed by atoms with Crippen molar-refractivity contribution in [3.05, 3.63) is 28.7 Å². The van der Waals surface area contributed by atoms with Crippen molar-refractivity contribution in [2.75, 3.05) is 17.7 Å². The monoisotopic (exact) mass is 301 g/mol. The minimum absolute atomic E-state index is 0.154. The number of hydrogen-bond donors (Lipinski definition) is 2. The van der Waals surface area contributed by atoms with Gasteiger partial charge in [-0.3, -0.25) is 0 Å². The number of anilines is 1. The number of aliphatic hydroxyl groups is 1. The minimum Gasteiger partial charge on any atom is -0.394 e. The highest BCUT2D eigenvalue weighted by Gasteiger charge is 2.40. The van der Waals surface area contributed by atoms with Crippen LogP contribution in [0.1, 0.15) is 13.3 Å². The molecule has 2 unspecified atom stereocenters. The van der Waals surface area contributed by atoms with E-state index >= 15 is 0 Å². The summed E-state index contributed by atoms with van der Waals surface area (Å²) in [5, 5.41) is 13.6. The average Bonchev–Trinajstić information content (AvgIpc) is 2.64. The van der Waals surface area contributed by atoms with Gasteiger partial charge >= 0.3 is 0 Å². The van der Waals surface area contributed by atoms with Gasteiger partial charge in [-0.15, -0.1) is 0 Å². The van der Waals surface area contributed by atoms with Crippen molar-refractivity contribution >= 4 is 33.4 Å². The van der Waals surface area contributed by atoms with Gasteiger partial charge in [-0.25, -0.2) is 0 Å². The first-order valence-corrected chi connectivity index (χ1v) is 7.27. The van der Waals surface area contributed by atoms with Gasteiger partial charge in [0.15, 0.2) is 0 Å². The van der Waals surface area contributed by atoms with Crippen molar-refractivity contribution in [3.8, 4) is 0 Å². The SMILES string of the molecule is CC1SCCC1(CO)Nc1ccc(Br)cc1. The van der Waals surface area contributed by atoms with Gasteiger partial charge in [-0.1, -0.05) is 22.9 Å². The third-order valence-electron chi connectivity index (χ3n) is 3.21. The molecular formula is C12H16BrNOS. The minimum atomic E-state index is -0.154. The van der Waals surface area contributed by atoms with Crippen molar-refractivity contribution in [2.45, 2.75) is 24.1 Å². The number of benzene rings is 1. The highest BCUT2D eigenvalue weighted by Crippen LogP contribution is 2.38. The summed E-state index contributed by atoms with van der Waals surface area (Å²) in [6, 6.07) is 8.11. The summed E-state index contributed by atoms with van der Waals surface area (Å²) in [5.41, 5.74) is 0.921. The predicted octanol–water partition coefficient (Wildman–Crippen LogP) is 3.12. The molecule has 2 atom stereocenters. The van der Waals surface area contributed by atoms with Gasteiger partial charge < -0.3 is 10.4 Å². The topological polar surface area (TPSA) is 32.3 Å². The molecule has 1 aromatic rings. The molecule has 1 aromatic carbocycles. The van der Waals surface area contributed by atoms with Crippen LogP contribution in [0.2, 0.25) is 0 Å². The van der Waals surface area contributed by atoms with Crippen LogP contribution in [0.15, 0.2) is 28.7 Å².